The summed E-state index contributed by atoms with van der Waals surface area (Å²) in [4.78, 5) is 0.272. The van der Waals surface area contributed by atoms with Crippen LogP contribution in [-0.2, 0) is 30.9 Å². The molecule has 2 aromatic carbocycles. The molecule has 34 heavy (non-hydrogen) atoms. The molecule has 2 fully saturated rings. The monoisotopic (exact) mass is 505 g/mol. The zero-order valence-corrected chi connectivity index (χ0v) is 21.9. The Morgan fingerprint density at radius 3 is 2.29 bits per heavy atom. The van der Waals surface area contributed by atoms with Crippen LogP contribution in [0.3, 0.4) is 0 Å². The number of hydrogen-bond acceptors (Lipinski definition) is 6. The molecule has 1 aliphatic carbocycles. The van der Waals surface area contributed by atoms with Crippen molar-refractivity contribution < 1.29 is 17.4 Å². The van der Waals surface area contributed by atoms with Crippen LogP contribution in [-0.4, -0.2) is 45.2 Å². The second kappa shape index (κ2) is 9.51. The predicted molar refractivity (Wildman–Crippen MR) is 136 cm³/mol. The minimum Gasteiger partial charge on any atom is -0.384 e. The van der Waals surface area contributed by atoms with Gasteiger partial charge in [0.2, 0.25) is 0 Å². The van der Waals surface area contributed by atoms with E-state index in [0.717, 1.165) is 25.2 Å². The summed E-state index contributed by atoms with van der Waals surface area (Å²) in [7, 11) is -7.07. The Morgan fingerprint density at radius 2 is 1.74 bits per heavy atom. The van der Waals surface area contributed by atoms with Crippen LogP contribution in [0.15, 0.2) is 52.3 Å². The van der Waals surface area contributed by atoms with Crippen LogP contribution in [0.1, 0.15) is 26.3 Å². The Balaban J connectivity index is 1.65. The zero-order chi connectivity index (χ0) is 24.7. The highest BCUT2D eigenvalue weighted by molar-refractivity contribution is 7.93. The fourth-order valence-corrected chi connectivity index (χ4v) is 7.36. The number of anilines is 2. The van der Waals surface area contributed by atoms with Gasteiger partial charge in [0.05, 0.1) is 44.1 Å². The maximum atomic E-state index is 13.8. The van der Waals surface area contributed by atoms with Crippen molar-refractivity contribution in [3.63, 3.8) is 0 Å². The van der Waals surface area contributed by atoms with E-state index in [-0.39, 0.29) is 15.7 Å². The maximum absolute atomic E-state index is 13.8. The van der Waals surface area contributed by atoms with Crippen molar-refractivity contribution in [2.24, 2.45) is 23.7 Å². The second-order valence-corrected chi connectivity index (χ2v) is 13.9. The molecule has 0 aromatic heterocycles. The van der Waals surface area contributed by atoms with E-state index in [1.165, 1.54) is 16.6 Å². The lowest BCUT2D eigenvalue weighted by Crippen LogP contribution is -2.34. The predicted octanol–water partition coefficient (Wildman–Crippen LogP) is 4.44. The molecule has 2 aromatic rings. The normalized spacial score (nSPS) is 23.4. The third kappa shape index (κ3) is 5.11. The molecule has 0 radical (unpaired) electrons. The molecule has 7 nitrogen and oxygen atoms in total. The number of benzene rings is 2. The third-order valence-electron chi connectivity index (χ3n) is 6.78. The number of ether oxygens (including phenoxy) is 1. The molecule has 2 N–H and O–H groups in total. The van der Waals surface area contributed by atoms with Crippen molar-refractivity contribution in [3.8, 4) is 0 Å². The summed E-state index contributed by atoms with van der Waals surface area (Å²) in [5.74, 6) is 1.76. The molecular weight excluding hydrogens is 470 g/mol. The largest absolute Gasteiger partial charge is 0.384 e. The standard InChI is InChI=1S/C25H35N3O4S2/c1-5-18-6-8-19(9-7-18)28(14-17(2)3)34(30,31)20-10-11-24(25(12-20)33(4,26)29)27-13-21-22-15-32-16-23(21)22/h6-12,17,21-23,26-27H,5,13-16H2,1-4H3/t21-,22+,23-,33?. The lowest BCUT2D eigenvalue weighted by molar-refractivity contribution is 0.153. The number of nitrogens with zero attached hydrogens (tertiary/aromatic N) is 1. The van der Waals surface area contributed by atoms with Gasteiger partial charge in [0.15, 0.2) is 0 Å². The smallest absolute Gasteiger partial charge is 0.264 e. The van der Waals surface area contributed by atoms with Crippen molar-refractivity contribution in [1.82, 2.24) is 0 Å². The molecule has 4 atom stereocenters. The average Bonchev–Trinajstić information content (AvgIpc) is 3.21. The van der Waals surface area contributed by atoms with Gasteiger partial charge in [-0.05, 0) is 66.0 Å². The molecular formula is C25H35N3O4S2. The van der Waals surface area contributed by atoms with Gasteiger partial charge in [0.1, 0.15) is 0 Å². The summed E-state index contributed by atoms with van der Waals surface area (Å²) in [6.45, 7) is 8.60. The van der Waals surface area contributed by atoms with E-state index in [2.05, 4.69) is 12.2 Å². The van der Waals surface area contributed by atoms with Crippen molar-refractivity contribution in [3.05, 3.63) is 48.0 Å². The van der Waals surface area contributed by atoms with Gasteiger partial charge in [-0.1, -0.05) is 32.9 Å². The Kier molecular flexibility index (Phi) is 6.99. The van der Waals surface area contributed by atoms with E-state index in [0.29, 0.717) is 42.2 Å². The summed E-state index contributed by atoms with van der Waals surface area (Å²) in [6, 6.07) is 12.2. The molecule has 0 amide bonds. The van der Waals surface area contributed by atoms with Gasteiger partial charge in [-0.2, -0.15) is 0 Å². The van der Waals surface area contributed by atoms with E-state index in [1.807, 2.05) is 38.1 Å². The molecule has 4 rings (SSSR count). The van der Waals surface area contributed by atoms with Crippen LogP contribution >= 0.6 is 0 Å². The first-order valence-electron chi connectivity index (χ1n) is 11.8. The van der Waals surface area contributed by atoms with E-state index >= 15 is 0 Å². The van der Waals surface area contributed by atoms with Gasteiger partial charge in [0, 0.05) is 19.3 Å². The van der Waals surface area contributed by atoms with Crippen LogP contribution in [0.5, 0.6) is 0 Å². The number of aryl methyl sites for hydroxylation is 1. The SMILES string of the molecule is CCc1ccc(N(CC(C)C)S(=O)(=O)c2ccc(NC[C@H]3[C@H]4COC[C@@H]34)c(S(C)(=N)=O)c2)cc1. The molecule has 1 saturated heterocycles. The van der Waals surface area contributed by atoms with Crippen molar-refractivity contribution in [2.75, 3.05) is 42.2 Å². The highest BCUT2D eigenvalue weighted by atomic mass is 32.2. The van der Waals surface area contributed by atoms with Gasteiger partial charge in [0.25, 0.3) is 10.0 Å². The number of fused-ring (bicyclic) bond motifs is 1. The van der Waals surface area contributed by atoms with Gasteiger partial charge in [-0.15, -0.1) is 0 Å². The van der Waals surface area contributed by atoms with Crippen molar-refractivity contribution in [2.45, 2.75) is 37.0 Å². The molecule has 2 aliphatic rings. The van der Waals surface area contributed by atoms with Crippen LogP contribution in [0.4, 0.5) is 11.4 Å². The van der Waals surface area contributed by atoms with Gasteiger partial charge < -0.3 is 10.1 Å². The quantitative estimate of drug-likeness (QED) is 0.497. The summed E-state index contributed by atoms with van der Waals surface area (Å²) >= 11 is 0. The van der Waals surface area contributed by atoms with Crippen LogP contribution < -0.4 is 9.62 Å². The summed E-state index contributed by atoms with van der Waals surface area (Å²) < 4.78 is 55.4. The Bertz CT molecular complexity index is 1230. The second-order valence-electron chi connectivity index (χ2n) is 9.86. The van der Waals surface area contributed by atoms with E-state index in [9.17, 15) is 12.6 Å². The van der Waals surface area contributed by atoms with Crippen molar-refractivity contribution >= 4 is 31.1 Å². The molecule has 1 saturated carbocycles. The minimum absolute atomic E-state index is 0.0479. The lowest BCUT2D eigenvalue weighted by atomic mass is 10.1. The Morgan fingerprint density at radius 1 is 1.09 bits per heavy atom. The van der Waals surface area contributed by atoms with Crippen molar-refractivity contribution in [1.29, 1.82) is 4.78 Å². The van der Waals surface area contributed by atoms with Gasteiger partial charge >= 0.3 is 0 Å². The molecule has 1 heterocycles. The summed E-state index contributed by atoms with van der Waals surface area (Å²) in [5.41, 5.74) is 2.30. The number of sulfonamides is 1. The zero-order valence-electron chi connectivity index (χ0n) is 20.3. The molecule has 186 valence electrons. The highest BCUT2D eigenvalue weighted by Crippen LogP contribution is 2.50. The minimum atomic E-state index is -3.92. The average molecular weight is 506 g/mol. The summed E-state index contributed by atoms with van der Waals surface area (Å²) in [6.07, 6.45) is 2.21. The Labute approximate surface area is 203 Å². The van der Waals surface area contributed by atoms with Gasteiger partial charge in [-0.25, -0.2) is 17.4 Å². The van der Waals surface area contributed by atoms with Crippen LogP contribution in [0, 0.1) is 28.5 Å². The van der Waals surface area contributed by atoms with Crippen LogP contribution in [0.25, 0.3) is 0 Å². The topological polar surface area (TPSA) is 99.6 Å². The molecule has 0 spiro atoms. The Hall–Kier alpha value is -2.10. The van der Waals surface area contributed by atoms with E-state index in [1.54, 1.807) is 12.1 Å². The molecule has 0 bridgehead atoms. The highest BCUT2D eigenvalue weighted by Gasteiger charge is 2.53. The molecule has 1 aliphatic heterocycles. The van der Waals surface area contributed by atoms with E-state index in [4.69, 9.17) is 9.52 Å². The first-order valence-corrected chi connectivity index (χ1v) is 15.2. The maximum Gasteiger partial charge on any atom is 0.264 e. The fraction of sp³-hybridized carbons (Fsp3) is 0.520. The third-order valence-corrected chi connectivity index (χ3v) is 9.75. The first kappa shape index (κ1) is 25.0. The van der Waals surface area contributed by atoms with Crippen LogP contribution in [0.2, 0.25) is 0 Å². The lowest BCUT2D eigenvalue weighted by Gasteiger charge is -2.27. The first-order chi connectivity index (χ1) is 16.0. The van der Waals surface area contributed by atoms with E-state index < -0.39 is 19.8 Å². The molecule has 9 heteroatoms. The molecule has 1 unspecified atom stereocenters. The number of nitrogens with one attached hydrogen (secondary N) is 2. The summed E-state index contributed by atoms with van der Waals surface area (Å²) in [5, 5.41) is 3.33. The van der Waals surface area contributed by atoms with Gasteiger partial charge in [-0.3, -0.25) is 4.31 Å². The number of hydrogen-bond donors (Lipinski definition) is 2. The number of rotatable bonds is 10. The fourth-order valence-electron chi connectivity index (χ4n) is 4.72.